The van der Waals surface area contributed by atoms with Crippen molar-refractivity contribution in [1.82, 2.24) is 4.98 Å². The lowest BCUT2D eigenvalue weighted by molar-refractivity contribution is 0.304. The summed E-state index contributed by atoms with van der Waals surface area (Å²) in [5, 5.41) is 0. The van der Waals surface area contributed by atoms with Gasteiger partial charge in [-0.25, -0.2) is 13.4 Å². The van der Waals surface area contributed by atoms with Gasteiger partial charge in [0.2, 0.25) is 10.0 Å². The van der Waals surface area contributed by atoms with Crippen molar-refractivity contribution in [3.05, 3.63) is 12.3 Å². The van der Waals surface area contributed by atoms with E-state index in [4.69, 9.17) is 4.74 Å². The number of pyridine rings is 1. The molecule has 0 atom stereocenters. The molecule has 6 nitrogen and oxygen atoms in total. The van der Waals surface area contributed by atoms with Gasteiger partial charge in [0.15, 0.2) is 0 Å². The van der Waals surface area contributed by atoms with E-state index >= 15 is 0 Å². The minimum Gasteiger partial charge on any atom is -0.488 e. The first-order valence-electron chi connectivity index (χ1n) is 5.67. The summed E-state index contributed by atoms with van der Waals surface area (Å²) in [6.45, 7) is 0. The van der Waals surface area contributed by atoms with Crippen molar-refractivity contribution in [3.63, 3.8) is 0 Å². The Hall–Kier alpha value is -1.50. The molecule has 1 fully saturated rings. The first-order valence-corrected chi connectivity index (χ1v) is 7.56. The molecule has 7 heteroatoms. The van der Waals surface area contributed by atoms with Gasteiger partial charge in [-0.3, -0.25) is 4.72 Å². The van der Waals surface area contributed by atoms with Gasteiger partial charge >= 0.3 is 0 Å². The van der Waals surface area contributed by atoms with Crippen molar-refractivity contribution in [2.24, 2.45) is 0 Å². The monoisotopic (exact) mass is 271 g/mol. The zero-order valence-electron chi connectivity index (χ0n) is 10.7. The van der Waals surface area contributed by atoms with Crippen LogP contribution < -0.4 is 14.4 Å². The van der Waals surface area contributed by atoms with Crippen LogP contribution in [0, 0.1) is 0 Å². The van der Waals surface area contributed by atoms with Crippen molar-refractivity contribution in [2.75, 3.05) is 30.0 Å². The second kappa shape index (κ2) is 4.64. The number of sulfonamides is 1. The number of rotatable bonds is 5. The van der Waals surface area contributed by atoms with Crippen molar-refractivity contribution >= 4 is 21.5 Å². The zero-order valence-corrected chi connectivity index (χ0v) is 11.5. The molecule has 0 radical (unpaired) electrons. The highest BCUT2D eigenvalue weighted by Crippen LogP contribution is 2.34. The summed E-state index contributed by atoms with van der Waals surface area (Å²) in [6, 6.07) is 1.62. The van der Waals surface area contributed by atoms with Crippen LogP contribution in [0.1, 0.15) is 12.8 Å². The van der Waals surface area contributed by atoms with Crippen LogP contribution in [-0.4, -0.2) is 39.9 Å². The summed E-state index contributed by atoms with van der Waals surface area (Å²) >= 11 is 0. The second-order valence-electron chi connectivity index (χ2n) is 4.62. The van der Waals surface area contributed by atoms with E-state index in [1.165, 1.54) is 0 Å². The van der Waals surface area contributed by atoms with Gasteiger partial charge in [-0.1, -0.05) is 0 Å². The molecule has 1 N–H and O–H groups in total. The summed E-state index contributed by atoms with van der Waals surface area (Å²) in [5.74, 6) is 0.933. The largest absolute Gasteiger partial charge is 0.488 e. The molecular formula is C11H17N3O3S. The number of hydrogen-bond donors (Lipinski definition) is 1. The summed E-state index contributed by atoms with van der Waals surface area (Å²) in [7, 11) is 0.457. The Morgan fingerprint density at radius 2 is 2.11 bits per heavy atom. The average Bonchev–Trinajstić information content (AvgIpc) is 2.98. The van der Waals surface area contributed by atoms with Gasteiger partial charge in [-0.05, 0) is 12.8 Å². The molecule has 1 saturated carbocycles. The highest BCUT2D eigenvalue weighted by Gasteiger charge is 2.25. The molecule has 0 unspecified atom stereocenters. The molecule has 18 heavy (non-hydrogen) atoms. The summed E-state index contributed by atoms with van der Waals surface area (Å²) in [5.41, 5.74) is 0.834. The fourth-order valence-corrected chi connectivity index (χ4v) is 1.96. The molecule has 100 valence electrons. The molecule has 1 aromatic heterocycles. The Bertz CT molecular complexity index is 538. The number of ether oxygens (including phenoxy) is 1. The van der Waals surface area contributed by atoms with Crippen LogP contribution in [0.15, 0.2) is 12.3 Å². The fraction of sp³-hybridized carbons (Fsp3) is 0.545. The molecule has 1 aliphatic rings. The van der Waals surface area contributed by atoms with Crippen LogP contribution in [-0.2, 0) is 10.0 Å². The van der Waals surface area contributed by atoms with Crippen LogP contribution >= 0.6 is 0 Å². The van der Waals surface area contributed by atoms with Gasteiger partial charge in [-0.15, -0.1) is 0 Å². The van der Waals surface area contributed by atoms with Gasteiger partial charge in [0.25, 0.3) is 0 Å². The smallest absolute Gasteiger partial charge is 0.230 e. The summed E-state index contributed by atoms with van der Waals surface area (Å²) < 4.78 is 30.4. The van der Waals surface area contributed by atoms with E-state index in [0.29, 0.717) is 5.75 Å². The average molecular weight is 271 g/mol. The van der Waals surface area contributed by atoms with Gasteiger partial charge < -0.3 is 9.64 Å². The van der Waals surface area contributed by atoms with Gasteiger partial charge in [0.1, 0.15) is 11.6 Å². The van der Waals surface area contributed by atoms with E-state index in [0.717, 1.165) is 24.8 Å². The zero-order chi connectivity index (χ0) is 13.3. The van der Waals surface area contributed by atoms with E-state index < -0.39 is 10.0 Å². The molecule has 1 aromatic rings. The van der Waals surface area contributed by atoms with Crippen LogP contribution in [0.4, 0.5) is 11.5 Å². The lowest BCUT2D eigenvalue weighted by Crippen LogP contribution is -2.14. The molecule has 0 amide bonds. The number of aromatic nitrogens is 1. The lowest BCUT2D eigenvalue weighted by atomic mass is 10.3. The molecule has 1 aliphatic carbocycles. The predicted molar refractivity (Wildman–Crippen MR) is 70.7 cm³/mol. The van der Waals surface area contributed by atoms with Crippen LogP contribution in [0.5, 0.6) is 5.75 Å². The maximum atomic E-state index is 11.2. The molecule has 0 saturated heterocycles. The summed E-state index contributed by atoms with van der Waals surface area (Å²) in [4.78, 5) is 5.95. The quantitative estimate of drug-likeness (QED) is 0.867. The minimum absolute atomic E-state index is 0.247. The number of nitrogens with zero attached hydrogens (tertiary/aromatic N) is 2. The number of anilines is 2. The van der Waals surface area contributed by atoms with Gasteiger partial charge in [0.05, 0.1) is 24.2 Å². The van der Waals surface area contributed by atoms with Crippen LogP contribution in [0.2, 0.25) is 0 Å². The van der Waals surface area contributed by atoms with E-state index in [2.05, 4.69) is 9.71 Å². The first kappa shape index (κ1) is 12.9. The third kappa shape index (κ3) is 3.49. The first-order chi connectivity index (χ1) is 8.35. The highest BCUT2D eigenvalue weighted by molar-refractivity contribution is 7.92. The third-order valence-electron chi connectivity index (χ3n) is 2.44. The van der Waals surface area contributed by atoms with Gasteiger partial charge in [0, 0.05) is 20.2 Å². The van der Waals surface area contributed by atoms with E-state index in [1.54, 1.807) is 12.3 Å². The standard InChI is InChI=1S/C11H17N3O3S/c1-14(2)9-7-12-11(13-18(3,15)16)6-10(9)17-8-4-5-8/h6-8H,4-5H2,1-3H3,(H,12,13). The van der Waals surface area contributed by atoms with E-state index in [9.17, 15) is 8.42 Å². The number of nitrogens with one attached hydrogen (secondary N) is 1. The van der Waals surface area contributed by atoms with Crippen LogP contribution in [0.3, 0.4) is 0 Å². The highest BCUT2D eigenvalue weighted by atomic mass is 32.2. The Kier molecular flexibility index (Phi) is 3.34. The SMILES string of the molecule is CN(C)c1cnc(NS(C)(=O)=O)cc1OC1CC1. The molecule has 2 rings (SSSR count). The minimum atomic E-state index is -3.32. The molecule has 0 aromatic carbocycles. The molecule has 1 heterocycles. The fourth-order valence-electron chi connectivity index (χ4n) is 1.47. The van der Waals surface area contributed by atoms with E-state index in [-0.39, 0.29) is 11.9 Å². The third-order valence-corrected chi connectivity index (χ3v) is 3.02. The number of hydrogen-bond acceptors (Lipinski definition) is 5. The molecular weight excluding hydrogens is 254 g/mol. The van der Waals surface area contributed by atoms with Crippen molar-refractivity contribution in [1.29, 1.82) is 0 Å². The second-order valence-corrected chi connectivity index (χ2v) is 6.37. The predicted octanol–water partition coefficient (Wildman–Crippen LogP) is 1.06. The maximum absolute atomic E-state index is 11.2. The lowest BCUT2D eigenvalue weighted by Gasteiger charge is -2.18. The molecule has 0 bridgehead atoms. The van der Waals surface area contributed by atoms with Gasteiger partial charge in [-0.2, -0.15) is 0 Å². The van der Waals surface area contributed by atoms with E-state index in [1.807, 2.05) is 19.0 Å². The van der Waals surface area contributed by atoms with Crippen molar-refractivity contribution in [2.45, 2.75) is 18.9 Å². The Morgan fingerprint density at radius 1 is 1.44 bits per heavy atom. The maximum Gasteiger partial charge on any atom is 0.230 e. The Labute approximate surface area is 107 Å². The van der Waals surface area contributed by atoms with Crippen molar-refractivity contribution in [3.8, 4) is 5.75 Å². The Morgan fingerprint density at radius 3 is 2.61 bits per heavy atom. The molecule has 0 aliphatic heterocycles. The summed E-state index contributed by atoms with van der Waals surface area (Å²) in [6.07, 6.45) is 5.03. The van der Waals surface area contributed by atoms with Crippen molar-refractivity contribution < 1.29 is 13.2 Å². The Balaban J connectivity index is 2.28. The molecule has 0 spiro atoms. The topological polar surface area (TPSA) is 71.5 Å². The van der Waals surface area contributed by atoms with Crippen LogP contribution in [0.25, 0.3) is 0 Å². The normalized spacial score (nSPS) is 15.3.